The van der Waals surface area contributed by atoms with Crippen LogP contribution in [0.4, 0.5) is 5.69 Å². The van der Waals surface area contributed by atoms with Crippen LogP contribution in [-0.2, 0) is 10.0 Å². The first-order chi connectivity index (χ1) is 9.05. The number of nitrogen functional groups attached to an aromatic ring is 1. The van der Waals surface area contributed by atoms with Crippen LogP contribution >= 0.6 is 0 Å². The number of rotatable bonds is 4. The summed E-state index contributed by atoms with van der Waals surface area (Å²) in [4.78, 5) is 0.143. The number of sulfonamides is 1. The first-order valence-electron chi connectivity index (χ1n) is 6.23. The molecule has 2 rings (SSSR count). The minimum atomic E-state index is -3.56. The van der Waals surface area contributed by atoms with Crippen molar-refractivity contribution in [1.82, 2.24) is 4.31 Å². The molecule has 1 aliphatic rings. The molecule has 0 radical (unpaired) electrons. The number of benzene rings is 1. The molecule has 0 atom stereocenters. The molecule has 0 fully saturated rings. The Morgan fingerprint density at radius 2 is 2.16 bits per heavy atom. The van der Waals surface area contributed by atoms with E-state index in [2.05, 4.69) is 0 Å². The summed E-state index contributed by atoms with van der Waals surface area (Å²) in [5.41, 5.74) is 6.11. The third-order valence-electron chi connectivity index (χ3n) is 2.91. The van der Waals surface area contributed by atoms with Crippen LogP contribution in [0.3, 0.4) is 0 Å². The van der Waals surface area contributed by atoms with Crippen LogP contribution in [0.1, 0.15) is 13.3 Å². The van der Waals surface area contributed by atoms with Crippen LogP contribution in [0.25, 0.3) is 0 Å². The van der Waals surface area contributed by atoms with Crippen molar-refractivity contribution in [3.05, 3.63) is 30.4 Å². The van der Waals surface area contributed by atoms with E-state index >= 15 is 0 Å². The molecule has 0 spiro atoms. The monoisotopic (exact) mass is 282 g/mol. The zero-order chi connectivity index (χ0) is 13.9. The van der Waals surface area contributed by atoms with E-state index in [0.29, 0.717) is 31.1 Å². The van der Waals surface area contributed by atoms with Gasteiger partial charge in [-0.15, -0.1) is 0 Å². The molecule has 5 nitrogen and oxygen atoms in total. The van der Waals surface area contributed by atoms with E-state index < -0.39 is 10.0 Å². The van der Waals surface area contributed by atoms with Crippen LogP contribution < -0.4 is 10.5 Å². The second kappa shape index (κ2) is 5.63. The third kappa shape index (κ3) is 2.90. The fourth-order valence-electron chi connectivity index (χ4n) is 1.98. The third-order valence-corrected chi connectivity index (χ3v) is 4.79. The lowest BCUT2D eigenvalue weighted by Crippen LogP contribution is -2.34. The zero-order valence-electron chi connectivity index (χ0n) is 10.9. The quantitative estimate of drug-likeness (QED) is 0.673. The fourth-order valence-corrected chi connectivity index (χ4v) is 3.55. The molecule has 0 saturated heterocycles. The molecule has 0 amide bonds. The summed E-state index contributed by atoms with van der Waals surface area (Å²) in [6, 6.07) is 4.70. The van der Waals surface area contributed by atoms with Crippen LogP contribution in [-0.4, -0.2) is 32.4 Å². The molecule has 6 heteroatoms. The van der Waals surface area contributed by atoms with Crippen molar-refractivity contribution in [3.63, 3.8) is 0 Å². The lowest BCUT2D eigenvalue weighted by Gasteiger charge is -2.24. The molecule has 0 bridgehead atoms. The SMILES string of the molecule is CCOc1ccc(N)cc1S(=O)(=O)N1CC=CCC1. The van der Waals surface area contributed by atoms with Crippen molar-refractivity contribution in [1.29, 1.82) is 0 Å². The van der Waals surface area contributed by atoms with E-state index in [1.807, 2.05) is 19.1 Å². The largest absolute Gasteiger partial charge is 0.492 e. The van der Waals surface area contributed by atoms with Crippen molar-refractivity contribution in [2.45, 2.75) is 18.2 Å². The Kier molecular flexibility index (Phi) is 4.11. The van der Waals surface area contributed by atoms with Gasteiger partial charge in [0.1, 0.15) is 10.6 Å². The highest BCUT2D eigenvalue weighted by atomic mass is 32.2. The number of anilines is 1. The van der Waals surface area contributed by atoms with Gasteiger partial charge in [-0.2, -0.15) is 4.31 Å². The second-order valence-electron chi connectivity index (χ2n) is 4.26. The van der Waals surface area contributed by atoms with Crippen LogP contribution in [0, 0.1) is 0 Å². The first-order valence-corrected chi connectivity index (χ1v) is 7.67. The highest BCUT2D eigenvalue weighted by molar-refractivity contribution is 7.89. The first kappa shape index (κ1) is 13.9. The molecule has 1 heterocycles. The van der Waals surface area contributed by atoms with Gasteiger partial charge in [-0.1, -0.05) is 12.2 Å². The van der Waals surface area contributed by atoms with Gasteiger partial charge in [0.15, 0.2) is 0 Å². The minimum Gasteiger partial charge on any atom is -0.492 e. The van der Waals surface area contributed by atoms with E-state index in [1.54, 1.807) is 12.1 Å². The van der Waals surface area contributed by atoms with Gasteiger partial charge in [0, 0.05) is 18.8 Å². The molecule has 2 N–H and O–H groups in total. The maximum absolute atomic E-state index is 12.6. The smallest absolute Gasteiger partial charge is 0.247 e. The van der Waals surface area contributed by atoms with Crippen molar-refractivity contribution >= 4 is 15.7 Å². The van der Waals surface area contributed by atoms with Gasteiger partial charge in [0.05, 0.1) is 6.61 Å². The summed E-state index contributed by atoms with van der Waals surface area (Å²) in [7, 11) is -3.56. The Morgan fingerprint density at radius 3 is 2.79 bits per heavy atom. The molecule has 104 valence electrons. The molecule has 0 aromatic heterocycles. The van der Waals surface area contributed by atoms with Crippen molar-refractivity contribution in [3.8, 4) is 5.75 Å². The maximum Gasteiger partial charge on any atom is 0.247 e. The van der Waals surface area contributed by atoms with Gasteiger partial charge in [-0.25, -0.2) is 8.42 Å². The molecule has 1 aromatic rings. The van der Waals surface area contributed by atoms with Gasteiger partial charge in [0.25, 0.3) is 0 Å². The van der Waals surface area contributed by atoms with Gasteiger partial charge >= 0.3 is 0 Å². The Bertz CT molecular complexity index is 582. The topological polar surface area (TPSA) is 72.6 Å². The van der Waals surface area contributed by atoms with E-state index in [4.69, 9.17) is 10.5 Å². The summed E-state index contributed by atoms with van der Waals surface area (Å²) >= 11 is 0. The molecule has 1 aromatic carbocycles. The minimum absolute atomic E-state index is 0.143. The van der Waals surface area contributed by atoms with Crippen LogP contribution in [0.15, 0.2) is 35.2 Å². The summed E-state index contributed by atoms with van der Waals surface area (Å²) in [6.07, 6.45) is 4.56. The number of nitrogens with zero attached hydrogens (tertiary/aromatic N) is 1. The van der Waals surface area contributed by atoms with E-state index in [0.717, 1.165) is 6.42 Å². The summed E-state index contributed by atoms with van der Waals surface area (Å²) in [5.74, 6) is 0.353. The summed E-state index contributed by atoms with van der Waals surface area (Å²) < 4.78 is 32.0. The molecular weight excluding hydrogens is 264 g/mol. The Hall–Kier alpha value is -1.53. The van der Waals surface area contributed by atoms with E-state index in [-0.39, 0.29) is 4.90 Å². The summed E-state index contributed by atoms with van der Waals surface area (Å²) in [6.45, 7) is 3.10. The highest BCUT2D eigenvalue weighted by Crippen LogP contribution is 2.29. The Labute approximate surface area is 113 Å². The fraction of sp³-hybridized carbons (Fsp3) is 0.385. The van der Waals surface area contributed by atoms with E-state index in [1.165, 1.54) is 10.4 Å². The predicted molar refractivity (Wildman–Crippen MR) is 74.5 cm³/mol. The lowest BCUT2D eigenvalue weighted by molar-refractivity contribution is 0.329. The zero-order valence-corrected chi connectivity index (χ0v) is 11.7. The molecule has 19 heavy (non-hydrogen) atoms. The second-order valence-corrected chi connectivity index (χ2v) is 6.17. The lowest BCUT2D eigenvalue weighted by atomic mass is 10.3. The Morgan fingerprint density at radius 1 is 1.37 bits per heavy atom. The predicted octanol–water partition coefficient (Wildman–Crippen LogP) is 1.62. The van der Waals surface area contributed by atoms with Crippen LogP contribution in [0.2, 0.25) is 0 Å². The number of ether oxygens (including phenoxy) is 1. The normalized spacial score (nSPS) is 16.5. The highest BCUT2D eigenvalue weighted by Gasteiger charge is 2.27. The van der Waals surface area contributed by atoms with Gasteiger partial charge < -0.3 is 10.5 Å². The summed E-state index contributed by atoms with van der Waals surface area (Å²) in [5, 5.41) is 0. The molecule has 0 saturated carbocycles. The van der Waals surface area contributed by atoms with Gasteiger partial charge in [-0.3, -0.25) is 0 Å². The molecular formula is C13H18N2O3S. The maximum atomic E-state index is 12.6. The van der Waals surface area contributed by atoms with Gasteiger partial charge in [0.2, 0.25) is 10.0 Å². The molecule has 1 aliphatic heterocycles. The van der Waals surface area contributed by atoms with E-state index in [9.17, 15) is 8.42 Å². The Balaban J connectivity index is 2.43. The molecule has 0 unspecified atom stereocenters. The van der Waals surface area contributed by atoms with Crippen molar-refractivity contribution < 1.29 is 13.2 Å². The molecule has 0 aliphatic carbocycles. The number of hydrogen-bond donors (Lipinski definition) is 1. The standard InChI is InChI=1S/C13H18N2O3S/c1-2-18-12-7-6-11(14)10-13(12)19(16,17)15-8-4-3-5-9-15/h3-4,6-7,10H,2,5,8-9,14H2,1H3. The van der Waals surface area contributed by atoms with Gasteiger partial charge in [-0.05, 0) is 31.5 Å². The van der Waals surface area contributed by atoms with Crippen molar-refractivity contribution in [2.24, 2.45) is 0 Å². The number of hydrogen-bond acceptors (Lipinski definition) is 4. The average Bonchev–Trinajstić information content (AvgIpc) is 2.42. The average molecular weight is 282 g/mol. The van der Waals surface area contributed by atoms with Crippen LogP contribution in [0.5, 0.6) is 5.75 Å². The number of nitrogens with two attached hydrogens (primary N) is 1. The van der Waals surface area contributed by atoms with Crippen molar-refractivity contribution in [2.75, 3.05) is 25.4 Å².